The summed E-state index contributed by atoms with van der Waals surface area (Å²) in [6.07, 6.45) is 2.96. The number of piperidine rings is 1. The van der Waals surface area contributed by atoms with Gasteiger partial charge in [-0.15, -0.1) is 0 Å². The van der Waals surface area contributed by atoms with Crippen molar-refractivity contribution in [3.8, 4) is 0 Å². The smallest absolute Gasteiger partial charge is 0.271 e. The van der Waals surface area contributed by atoms with Gasteiger partial charge in [0.25, 0.3) is 11.5 Å². The van der Waals surface area contributed by atoms with Gasteiger partial charge in [0.15, 0.2) is 0 Å². The third-order valence-electron chi connectivity index (χ3n) is 6.56. The maximum Gasteiger partial charge on any atom is 0.271 e. The van der Waals surface area contributed by atoms with E-state index >= 15 is 0 Å². The number of likely N-dealkylation sites (tertiary alicyclic amines) is 1. The predicted octanol–water partition coefficient (Wildman–Crippen LogP) is 5.50. The van der Waals surface area contributed by atoms with Gasteiger partial charge in [-0.05, 0) is 67.1 Å². The zero-order valence-corrected chi connectivity index (χ0v) is 20.9. The average molecular weight is 516 g/mol. The maximum atomic E-state index is 13.7. The summed E-state index contributed by atoms with van der Waals surface area (Å²) < 4.78 is 33.4. The van der Waals surface area contributed by atoms with Crippen molar-refractivity contribution in [3.63, 3.8) is 0 Å². The first-order chi connectivity index (χ1) is 17.3. The van der Waals surface area contributed by atoms with Gasteiger partial charge in [-0.1, -0.05) is 23.7 Å². The van der Waals surface area contributed by atoms with Crippen LogP contribution in [0.15, 0.2) is 53.5 Å². The van der Waals surface area contributed by atoms with Crippen molar-refractivity contribution in [2.75, 3.05) is 32.1 Å². The van der Waals surface area contributed by atoms with Crippen LogP contribution >= 0.6 is 11.6 Å². The molecular weight excluding hydrogens is 488 g/mol. The molecule has 0 radical (unpaired) electrons. The molecule has 0 bridgehead atoms. The van der Waals surface area contributed by atoms with Gasteiger partial charge in [-0.3, -0.25) is 9.59 Å². The van der Waals surface area contributed by atoms with Crippen molar-refractivity contribution in [3.05, 3.63) is 92.4 Å². The molecule has 2 aromatic carbocycles. The van der Waals surface area contributed by atoms with E-state index in [0.29, 0.717) is 24.3 Å². The number of rotatable bonds is 7. The second-order valence-corrected chi connectivity index (χ2v) is 9.30. The van der Waals surface area contributed by atoms with Crippen molar-refractivity contribution < 1.29 is 18.3 Å². The number of aromatic nitrogens is 1. The Hall–Kier alpha value is -3.23. The van der Waals surface area contributed by atoms with Gasteiger partial charge in [0.2, 0.25) is 0 Å². The molecule has 190 valence electrons. The lowest BCUT2D eigenvalue weighted by molar-refractivity contribution is 0.0712. The van der Waals surface area contributed by atoms with Crippen molar-refractivity contribution >= 4 is 28.9 Å². The topological polar surface area (TPSA) is 63.6 Å². The number of hydrogen-bond acceptors (Lipinski definition) is 4. The number of carbonyl (C=O) groups is 1. The monoisotopic (exact) mass is 515 g/mol. The summed E-state index contributed by atoms with van der Waals surface area (Å²) in [6, 6.07) is 10.7. The normalized spacial score (nSPS) is 14.2. The number of pyridine rings is 1. The lowest BCUT2D eigenvalue weighted by Gasteiger charge is -2.33. The molecule has 0 atom stereocenters. The van der Waals surface area contributed by atoms with E-state index in [2.05, 4.69) is 5.32 Å². The average Bonchev–Trinajstić information content (AvgIpc) is 2.88. The number of carbonyl (C=O) groups excluding carboxylic acids is 1. The highest BCUT2D eigenvalue weighted by atomic mass is 35.5. The summed E-state index contributed by atoms with van der Waals surface area (Å²) in [5, 5.41) is 2.97. The molecule has 9 heteroatoms. The number of aryl methyl sites for hydroxylation is 1. The van der Waals surface area contributed by atoms with Crippen LogP contribution in [0, 0.1) is 18.6 Å². The summed E-state index contributed by atoms with van der Waals surface area (Å²) in [6.45, 7) is 3.24. The number of amides is 1. The number of nitrogens with one attached hydrogen (secondary N) is 1. The highest BCUT2D eigenvalue weighted by molar-refractivity contribution is 6.34. The second-order valence-electron chi connectivity index (χ2n) is 8.93. The number of halogens is 3. The number of ether oxygens (including phenoxy) is 1. The van der Waals surface area contributed by atoms with Crippen LogP contribution in [0.3, 0.4) is 0 Å². The molecule has 1 amide bonds. The molecule has 1 fully saturated rings. The molecule has 1 aliphatic rings. The Morgan fingerprint density at radius 3 is 2.42 bits per heavy atom. The quantitative estimate of drug-likeness (QED) is 0.451. The molecule has 1 N–H and O–H groups in total. The fourth-order valence-electron chi connectivity index (χ4n) is 4.49. The summed E-state index contributed by atoms with van der Waals surface area (Å²) in [7, 11) is 1.53. The first-order valence-electron chi connectivity index (χ1n) is 11.8. The first-order valence-corrected chi connectivity index (χ1v) is 12.2. The molecule has 1 saturated heterocycles. The molecule has 1 aromatic heterocycles. The van der Waals surface area contributed by atoms with E-state index in [1.54, 1.807) is 30.0 Å². The standard InChI is InChI=1S/C27H28ClF2N3O3/c1-17-15-21(30)7-8-23(17)31-25-22(16-33(13-14-36-2)27(35)24(25)28)26(34)32-11-9-19(10-12-32)18-3-5-20(29)6-4-18/h3-8,15-16,19,31H,9-14H2,1-2H3. The molecular formula is C27H28ClF2N3O3. The van der Waals surface area contributed by atoms with E-state index in [1.807, 2.05) is 0 Å². The minimum atomic E-state index is -0.456. The van der Waals surface area contributed by atoms with E-state index in [-0.39, 0.29) is 52.9 Å². The van der Waals surface area contributed by atoms with E-state index in [0.717, 1.165) is 18.4 Å². The fourth-order valence-corrected chi connectivity index (χ4v) is 4.75. The van der Waals surface area contributed by atoms with Gasteiger partial charge in [0, 0.05) is 38.6 Å². The Balaban J connectivity index is 1.64. The van der Waals surface area contributed by atoms with Gasteiger partial charge in [-0.25, -0.2) is 8.78 Å². The van der Waals surface area contributed by atoms with Gasteiger partial charge >= 0.3 is 0 Å². The predicted molar refractivity (Wildman–Crippen MR) is 136 cm³/mol. The van der Waals surface area contributed by atoms with Crippen LogP contribution in [0.1, 0.15) is 40.2 Å². The zero-order chi connectivity index (χ0) is 25.8. The molecule has 0 aliphatic carbocycles. The Kier molecular flexibility index (Phi) is 8.06. The molecule has 2 heterocycles. The van der Waals surface area contributed by atoms with E-state index in [1.165, 1.54) is 42.1 Å². The molecule has 36 heavy (non-hydrogen) atoms. The zero-order valence-electron chi connectivity index (χ0n) is 20.2. The Morgan fingerprint density at radius 1 is 1.11 bits per heavy atom. The number of benzene rings is 2. The van der Waals surface area contributed by atoms with Crippen molar-refractivity contribution in [1.29, 1.82) is 0 Å². The Bertz CT molecular complexity index is 1300. The Morgan fingerprint density at radius 2 is 1.78 bits per heavy atom. The molecule has 6 nitrogen and oxygen atoms in total. The van der Waals surface area contributed by atoms with E-state index in [9.17, 15) is 18.4 Å². The third-order valence-corrected chi connectivity index (χ3v) is 6.91. The van der Waals surface area contributed by atoms with Crippen LogP contribution in [-0.2, 0) is 11.3 Å². The molecule has 3 aromatic rings. The largest absolute Gasteiger partial charge is 0.383 e. The highest BCUT2D eigenvalue weighted by Crippen LogP contribution is 2.32. The lowest BCUT2D eigenvalue weighted by Crippen LogP contribution is -2.39. The summed E-state index contributed by atoms with van der Waals surface area (Å²) in [5.41, 5.74) is 2.18. The van der Waals surface area contributed by atoms with Crippen molar-refractivity contribution in [2.24, 2.45) is 0 Å². The van der Waals surface area contributed by atoms with Crippen molar-refractivity contribution in [1.82, 2.24) is 9.47 Å². The summed E-state index contributed by atoms with van der Waals surface area (Å²) >= 11 is 6.50. The fraction of sp³-hybridized carbons (Fsp3) is 0.333. The van der Waals surface area contributed by atoms with Crippen LogP contribution in [0.25, 0.3) is 0 Å². The van der Waals surface area contributed by atoms with Crippen LogP contribution in [0.2, 0.25) is 5.02 Å². The summed E-state index contributed by atoms with van der Waals surface area (Å²) in [5.74, 6) is -0.695. The van der Waals surface area contributed by atoms with Crippen LogP contribution in [-0.4, -0.2) is 42.2 Å². The molecule has 1 aliphatic heterocycles. The number of hydrogen-bond donors (Lipinski definition) is 1. The Labute approximate surface area is 213 Å². The van der Waals surface area contributed by atoms with Crippen molar-refractivity contribution in [2.45, 2.75) is 32.2 Å². The minimum absolute atomic E-state index is 0.123. The molecule has 0 saturated carbocycles. The molecule has 0 unspecified atom stereocenters. The number of anilines is 2. The molecule has 4 rings (SSSR count). The van der Waals surface area contributed by atoms with Gasteiger partial charge < -0.3 is 19.5 Å². The minimum Gasteiger partial charge on any atom is -0.383 e. The molecule has 0 spiro atoms. The number of nitrogens with zero attached hydrogens (tertiary/aromatic N) is 2. The van der Waals surface area contributed by atoms with Gasteiger partial charge in [0.1, 0.15) is 16.7 Å². The van der Waals surface area contributed by atoms with E-state index in [4.69, 9.17) is 16.3 Å². The summed E-state index contributed by atoms with van der Waals surface area (Å²) in [4.78, 5) is 28.4. The lowest BCUT2D eigenvalue weighted by atomic mass is 9.89. The maximum absolute atomic E-state index is 13.7. The SMILES string of the molecule is COCCn1cc(C(=O)N2CCC(c3ccc(F)cc3)CC2)c(Nc2ccc(F)cc2C)c(Cl)c1=O. The second kappa shape index (κ2) is 11.2. The van der Waals surface area contributed by atoms with Gasteiger partial charge in [-0.2, -0.15) is 0 Å². The first kappa shape index (κ1) is 25.9. The van der Waals surface area contributed by atoms with Gasteiger partial charge in [0.05, 0.1) is 17.9 Å². The van der Waals surface area contributed by atoms with Crippen LogP contribution < -0.4 is 10.9 Å². The van der Waals surface area contributed by atoms with E-state index < -0.39 is 5.56 Å². The number of methoxy groups -OCH3 is 1. The highest BCUT2D eigenvalue weighted by Gasteiger charge is 2.28. The van der Waals surface area contributed by atoms with Crippen LogP contribution in [0.5, 0.6) is 0 Å². The van der Waals surface area contributed by atoms with Crippen LogP contribution in [0.4, 0.5) is 20.2 Å². The third kappa shape index (κ3) is 5.60.